The fourth-order valence-corrected chi connectivity index (χ4v) is 7.54. The van der Waals surface area contributed by atoms with Crippen LogP contribution in [0.1, 0.15) is 88.2 Å². The Labute approximate surface area is 236 Å². The van der Waals surface area contributed by atoms with Gasteiger partial charge < -0.3 is 15.1 Å². The summed E-state index contributed by atoms with van der Waals surface area (Å²) in [7, 11) is -1.47. The molecule has 0 atom stereocenters. The Bertz CT molecular complexity index is 1080. The standard InChI is InChI=1S/C29H50N6O3S/c1-21-26(31-20-32-27(21)30-19-22-7-9-23(10-8-22)29(2,3)4)28(36)35-17-13-25(14-18-35)34-15-11-24(12-16-34)33(5)39(6,37)38/h20,22-25H,7-19H2,1-6H3,(H,30,31,32). The van der Waals surface area contributed by atoms with E-state index in [4.69, 9.17) is 0 Å². The van der Waals surface area contributed by atoms with Gasteiger partial charge >= 0.3 is 0 Å². The summed E-state index contributed by atoms with van der Waals surface area (Å²) in [4.78, 5) is 26.7. The first-order chi connectivity index (χ1) is 18.3. The Morgan fingerprint density at radius 1 is 1.00 bits per heavy atom. The molecule has 3 heterocycles. The second-order valence-electron chi connectivity index (χ2n) is 13.2. The third-order valence-corrected chi connectivity index (χ3v) is 11.1. The lowest BCUT2D eigenvalue weighted by atomic mass is 9.70. The van der Waals surface area contributed by atoms with Crippen LogP contribution in [0.3, 0.4) is 0 Å². The van der Waals surface area contributed by atoms with Crippen molar-refractivity contribution < 1.29 is 13.2 Å². The quantitative estimate of drug-likeness (QED) is 0.536. The zero-order chi connectivity index (χ0) is 28.4. The van der Waals surface area contributed by atoms with Gasteiger partial charge in [-0.1, -0.05) is 20.8 Å². The first kappa shape index (κ1) is 30.2. The number of hydrogen-bond acceptors (Lipinski definition) is 7. The number of anilines is 1. The van der Waals surface area contributed by atoms with E-state index in [2.05, 4.69) is 41.0 Å². The summed E-state index contributed by atoms with van der Waals surface area (Å²) in [5, 5.41) is 3.54. The topological polar surface area (TPSA) is 98.7 Å². The van der Waals surface area contributed by atoms with Crippen molar-refractivity contribution in [1.82, 2.24) is 24.1 Å². The Hall–Kier alpha value is -1.78. The van der Waals surface area contributed by atoms with E-state index in [0.29, 0.717) is 23.1 Å². The van der Waals surface area contributed by atoms with E-state index in [-0.39, 0.29) is 11.9 Å². The van der Waals surface area contributed by atoms with Gasteiger partial charge in [-0.3, -0.25) is 4.79 Å². The van der Waals surface area contributed by atoms with Crippen molar-refractivity contribution in [2.75, 3.05) is 51.3 Å². The molecule has 4 rings (SSSR count). The summed E-state index contributed by atoms with van der Waals surface area (Å²) in [5.41, 5.74) is 1.73. The highest BCUT2D eigenvalue weighted by Gasteiger charge is 2.34. The van der Waals surface area contributed by atoms with Crippen LogP contribution in [0, 0.1) is 24.2 Å². The molecule has 10 heteroatoms. The molecular weight excluding hydrogens is 512 g/mol. The second-order valence-corrected chi connectivity index (χ2v) is 15.3. The molecule has 2 saturated heterocycles. The van der Waals surface area contributed by atoms with Gasteiger partial charge in [-0.25, -0.2) is 22.7 Å². The van der Waals surface area contributed by atoms with Crippen molar-refractivity contribution in [1.29, 1.82) is 0 Å². The summed E-state index contributed by atoms with van der Waals surface area (Å²) in [6.45, 7) is 13.2. The van der Waals surface area contributed by atoms with Gasteiger partial charge in [0.05, 0.1) is 6.26 Å². The lowest BCUT2D eigenvalue weighted by Gasteiger charge is -2.43. The molecule has 1 amide bonds. The molecule has 3 fully saturated rings. The molecule has 1 N–H and O–H groups in total. The maximum Gasteiger partial charge on any atom is 0.272 e. The van der Waals surface area contributed by atoms with Crippen LogP contribution in [0.2, 0.25) is 0 Å². The maximum atomic E-state index is 13.4. The molecule has 0 aromatic carbocycles. The van der Waals surface area contributed by atoms with Gasteiger partial charge in [-0.2, -0.15) is 0 Å². The largest absolute Gasteiger partial charge is 0.369 e. The van der Waals surface area contributed by atoms with Crippen LogP contribution in [0.4, 0.5) is 5.82 Å². The van der Waals surface area contributed by atoms with Gasteiger partial charge in [0.1, 0.15) is 17.8 Å². The number of piperidine rings is 2. The highest BCUT2D eigenvalue weighted by Crippen LogP contribution is 2.39. The number of carbonyl (C=O) groups is 1. The van der Waals surface area contributed by atoms with E-state index < -0.39 is 10.0 Å². The van der Waals surface area contributed by atoms with Crippen LogP contribution in [0.25, 0.3) is 0 Å². The van der Waals surface area contributed by atoms with Gasteiger partial charge in [-0.15, -0.1) is 0 Å². The average Bonchev–Trinajstić information content (AvgIpc) is 2.91. The number of hydrogen-bond donors (Lipinski definition) is 1. The minimum Gasteiger partial charge on any atom is -0.369 e. The number of carbonyl (C=O) groups excluding carboxylic acids is 1. The summed E-state index contributed by atoms with van der Waals surface area (Å²) in [5.74, 6) is 2.22. The number of nitrogens with zero attached hydrogens (tertiary/aromatic N) is 5. The highest BCUT2D eigenvalue weighted by atomic mass is 32.2. The number of sulfonamides is 1. The van der Waals surface area contributed by atoms with Crippen LogP contribution in [-0.4, -0.2) is 96.5 Å². The second kappa shape index (κ2) is 12.4. The predicted molar refractivity (Wildman–Crippen MR) is 156 cm³/mol. The van der Waals surface area contributed by atoms with Crippen molar-refractivity contribution in [3.63, 3.8) is 0 Å². The fraction of sp³-hybridized carbons (Fsp3) is 0.828. The van der Waals surface area contributed by atoms with Crippen LogP contribution < -0.4 is 5.32 Å². The first-order valence-corrected chi connectivity index (χ1v) is 16.7. The molecule has 0 unspecified atom stereocenters. The van der Waals surface area contributed by atoms with E-state index in [0.717, 1.165) is 75.7 Å². The lowest BCUT2D eigenvalue weighted by molar-refractivity contribution is 0.0542. The molecule has 0 radical (unpaired) electrons. The monoisotopic (exact) mass is 562 g/mol. The average molecular weight is 563 g/mol. The summed E-state index contributed by atoms with van der Waals surface area (Å²) < 4.78 is 25.3. The zero-order valence-corrected chi connectivity index (χ0v) is 25.8. The van der Waals surface area contributed by atoms with Crippen molar-refractivity contribution in [2.24, 2.45) is 17.3 Å². The Morgan fingerprint density at radius 3 is 2.18 bits per heavy atom. The number of amides is 1. The minimum absolute atomic E-state index is 0.00410. The van der Waals surface area contributed by atoms with Gasteiger partial charge in [0.25, 0.3) is 5.91 Å². The molecule has 0 bridgehead atoms. The highest BCUT2D eigenvalue weighted by molar-refractivity contribution is 7.88. The summed E-state index contributed by atoms with van der Waals surface area (Å²) in [6.07, 6.45) is 11.4. The van der Waals surface area contributed by atoms with E-state index in [9.17, 15) is 13.2 Å². The molecule has 0 spiro atoms. The predicted octanol–water partition coefficient (Wildman–Crippen LogP) is 4.01. The molecule has 3 aliphatic rings. The molecule has 220 valence electrons. The van der Waals surface area contributed by atoms with Crippen molar-refractivity contribution in [2.45, 2.75) is 91.1 Å². The van der Waals surface area contributed by atoms with Crippen molar-refractivity contribution >= 4 is 21.7 Å². The van der Waals surface area contributed by atoms with Crippen LogP contribution in [0.5, 0.6) is 0 Å². The molecule has 39 heavy (non-hydrogen) atoms. The molecule has 2 aliphatic heterocycles. The van der Waals surface area contributed by atoms with Crippen LogP contribution in [-0.2, 0) is 10.0 Å². The minimum atomic E-state index is -3.16. The molecule has 1 aromatic heterocycles. The Kier molecular flexibility index (Phi) is 9.59. The Morgan fingerprint density at radius 2 is 1.62 bits per heavy atom. The number of likely N-dealkylation sites (tertiary alicyclic amines) is 2. The zero-order valence-electron chi connectivity index (χ0n) is 24.9. The smallest absolute Gasteiger partial charge is 0.272 e. The van der Waals surface area contributed by atoms with Gasteiger partial charge in [-0.05, 0) is 88.6 Å². The van der Waals surface area contributed by atoms with E-state index in [1.165, 1.54) is 42.6 Å². The van der Waals surface area contributed by atoms with Crippen molar-refractivity contribution in [3.8, 4) is 0 Å². The summed E-state index contributed by atoms with van der Waals surface area (Å²) in [6, 6.07) is 0.524. The van der Waals surface area contributed by atoms with Gasteiger partial charge in [0.2, 0.25) is 10.0 Å². The van der Waals surface area contributed by atoms with Crippen LogP contribution >= 0.6 is 0 Å². The first-order valence-electron chi connectivity index (χ1n) is 14.9. The molecule has 1 saturated carbocycles. The fourth-order valence-electron chi connectivity index (χ4n) is 6.79. The summed E-state index contributed by atoms with van der Waals surface area (Å²) >= 11 is 0. The van der Waals surface area contributed by atoms with E-state index in [1.807, 2.05) is 11.8 Å². The van der Waals surface area contributed by atoms with E-state index >= 15 is 0 Å². The Balaban J connectivity index is 1.26. The molecular formula is C29H50N6O3S. The van der Waals surface area contributed by atoms with Gasteiger partial charge in [0.15, 0.2) is 0 Å². The number of aromatic nitrogens is 2. The normalized spacial score (nSPS) is 24.7. The molecule has 1 aliphatic carbocycles. The number of nitrogens with one attached hydrogen (secondary N) is 1. The van der Waals surface area contributed by atoms with E-state index in [1.54, 1.807) is 7.05 Å². The lowest BCUT2D eigenvalue weighted by Crippen LogP contribution is -2.52. The SMILES string of the molecule is Cc1c(NCC2CCC(C(C)(C)C)CC2)ncnc1C(=O)N1CCC(N2CCC(N(C)S(C)(=O)=O)CC2)CC1. The maximum absolute atomic E-state index is 13.4. The van der Waals surface area contributed by atoms with Crippen LogP contribution in [0.15, 0.2) is 6.33 Å². The third kappa shape index (κ3) is 7.50. The van der Waals surface area contributed by atoms with Crippen molar-refractivity contribution in [3.05, 3.63) is 17.6 Å². The number of rotatable bonds is 7. The third-order valence-electron chi connectivity index (χ3n) is 9.72. The van der Waals surface area contributed by atoms with Gasteiger partial charge in [0, 0.05) is 44.3 Å². The molecule has 9 nitrogen and oxygen atoms in total. The molecule has 1 aromatic rings.